The molecule has 0 saturated carbocycles. The number of methoxy groups -OCH3 is 1. The Bertz CT molecular complexity index is 396. The maximum atomic E-state index is 12.3. The first-order valence-corrected chi connectivity index (χ1v) is 6.45. The van der Waals surface area contributed by atoms with Crippen LogP contribution in [0.25, 0.3) is 0 Å². The van der Waals surface area contributed by atoms with Crippen LogP contribution in [-0.2, 0) is 10.2 Å². The largest absolute Gasteiger partial charge is 0.373 e. The normalized spacial score (nSPS) is 13.7. The van der Waals surface area contributed by atoms with Gasteiger partial charge in [0.2, 0.25) is 0 Å². The van der Waals surface area contributed by atoms with Crippen molar-refractivity contribution >= 4 is 5.78 Å². The van der Waals surface area contributed by atoms with E-state index in [1.807, 2.05) is 38.1 Å². The lowest BCUT2D eigenvalue weighted by Gasteiger charge is -2.21. The molecular formula is C16H24O2. The van der Waals surface area contributed by atoms with Gasteiger partial charge in [-0.2, -0.15) is 0 Å². The Morgan fingerprint density at radius 2 is 1.61 bits per heavy atom. The highest BCUT2D eigenvalue weighted by atomic mass is 16.5. The summed E-state index contributed by atoms with van der Waals surface area (Å²) in [5.74, 6) is 0.248. The summed E-state index contributed by atoms with van der Waals surface area (Å²) >= 11 is 0. The lowest BCUT2D eigenvalue weighted by molar-refractivity contribution is 0.0458. The molecule has 1 atom stereocenters. The van der Waals surface area contributed by atoms with Crippen LogP contribution in [0.4, 0.5) is 0 Å². The number of ketones is 1. The van der Waals surface area contributed by atoms with Crippen molar-refractivity contribution < 1.29 is 9.53 Å². The van der Waals surface area contributed by atoms with E-state index in [1.54, 1.807) is 7.11 Å². The summed E-state index contributed by atoms with van der Waals surface area (Å²) in [5.41, 5.74) is 2.07. The molecule has 18 heavy (non-hydrogen) atoms. The Hall–Kier alpha value is -1.15. The zero-order chi connectivity index (χ0) is 13.9. The Balaban J connectivity index is 2.95. The summed E-state index contributed by atoms with van der Waals surface area (Å²) in [7, 11) is 1.59. The smallest absolute Gasteiger partial charge is 0.191 e. The molecule has 0 spiro atoms. The number of carbonyl (C=O) groups is 1. The van der Waals surface area contributed by atoms with Crippen LogP contribution in [0.3, 0.4) is 0 Å². The lowest BCUT2D eigenvalue weighted by atomic mass is 9.86. The molecule has 2 heteroatoms. The van der Waals surface area contributed by atoms with E-state index >= 15 is 0 Å². The molecule has 1 rings (SSSR count). The number of Topliss-reactive ketones (excluding diaryl/α,β-unsaturated/α-hetero) is 1. The Morgan fingerprint density at radius 3 is 1.94 bits per heavy atom. The van der Waals surface area contributed by atoms with Crippen LogP contribution >= 0.6 is 0 Å². The molecule has 0 N–H and O–H groups in total. The Morgan fingerprint density at radius 1 is 1.11 bits per heavy atom. The molecule has 2 nitrogen and oxygen atoms in total. The second-order valence-electron chi connectivity index (χ2n) is 6.09. The molecule has 1 unspecified atom stereocenters. The van der Waals surface area contributed by atoms with E-state index in [0.717, 1.165) is 5.56 Å². The fourth-order valence-electron chi connectivity index (χ4n) is 1.98. The van der Waals surface area contributed by atoms with Gasteiger partial charge in [-0.25, -0.2) is 0 Å². The van der Waals surface area contributed by atoms with Crippen LogP contribution in [-0.4, -0.2) is 19.0 Å². The van der Waals surface area contributed by atoms with Crippen LogP contribution in [0.1, 0.15) is 50.5 Å². The molecule has 100 valence electrons. The molecule has 0 aliphatic carbocycles. The maximum Gasteiger partial charge on any atom is 0.191 e. The van der Waals surface area contributed by atoms with Gasteiger partial charge in [-0.3, -0.25) is 4.79 Å². The van der Waals surface area contributed by atoms with Gasteiger partial charge in [0.1, 0.15) is 6.10 Å². The third-order valence-corrected chi connectivity index (χ3v) is 3.15. The molecular weight excluding hydrogens is 224 g/mol. The van der Waals surface area contributed by atoms with Crippen molar-refractivity contribution in [3.63, 3.8) is 0 Å². The maximum absolute atomic E-state index is 12.3. The minimum Gasteiger partial charge on any atom is -0.373 e. The SMILES string of the molecule is COC(C(=O)c1ccc(C(C)(C)C)cc1)C(C)C. The first-order chi connectivity index (χ1) is 8.27. The summed E-state index contributed by atoms with van der Waals surface area (Å²) in [6, 6.07) is 7.86. The topological polar surface area (TPSA) is 26.3 Å². The van der Waals surface area contributed by atoms with Gasteiger partial charge < -0.3 is 4.74 Å². The number of carbonyl (C=O) groups excluding carboxylic acids is 1. The van der Waals surface area contributed by atoms with E-state index in [1.165, 1.54) is 5.56 Å². The number of rotatable bonds is 4. The second kappa shape index (κ2) is 5.66. The summed E-state index contributed by atoms with van der Waals surface area (Å²) in [6.07, 6.45) is -0.356. The molecule has 0 aliphatic heterocycles. The van der Waals surface area contributed by atoms with Crippen molar-refractivity contribution in [1.82, 2.24) is 0 Å². The summed E-state index contributed by atoms with van der Waals surface area (Å²) in [5, 5.41) is 0. The van der Waals surface area contributed by atoms with E-state index in [0.29, 0.717) is 0 Å². The quantitative estimate of drug-likeness (QED) is 0.757. The molecule has 1 aromatic rings. The summed E-state index contributed by atoms with van der Waals surface area (Å²) in [4.78, 5) is 12.3. The zero-order valence-electron chi connectivity index (χ0n) is 12.3. The fourth-order valence-corrected chi connectivity index (χ4v) is 1.98. The van der Waals surface area contributed by atoms with Crippen LogP contribution in [0.5, 0.6) is 0 Å². The number of hydrogen-bond acceptors (Lipinski definition) is 2. The molecule has 0 heterocycles. The van der Waals surface area contributed by atoms with Crippen molar-refractivity contribution in [2.75, 3.05) is 7.11 Å². The molecule has 0 bridgehead atoms. The van der Waals surface area contributed by atoms with E-state index in [2.05, 4.69) is 20.8 Å². The standard InChI is InChI=1S/C16H24O2/c1-11(2)15(18-6)14(17)12-7-9-13(10-8-12)16(3,4)5/h7-11,15H,1-6H3. The first-order valence-electron chi connectivity index (χ1n) is 6.45. The molecule has 0 radical (unpaired) electrons. The fraction of sp³-hybridized carbons (Fsp3) is 0.562. The highest BCUT2D eigenvalue weighted by Gasteiger charge is 2.23. The van der Waals surface area contributed by atoms with Crippen LogP contribution in [0.2, 0.25) is 0 Å². The highest BCUT2D eigenvalue weighted by molar-refractivity contribution is 5.99. The van der Waals surface area contributed by atoms with Gasteiger partial charge in [-0.05, 0) is 16.9 Å². The molecule has 0 aromatic heterocycles. The lowest BCUT2D eigenvalue weighted by Crippen LogP contribution is -2.28. The molecule has 0 aliphatic rings. The van der Waals surface area contributed by atoms with Gasteiger partial charge in [0.25, 0.3) is 0 Å². The number of benzene rings is 1. The van der Waals surface area contributed by atoms with Crippen molar-refractivity contribution in [2.45, 2.75) is 46.1 Å². The van der Waals surface area contributed by atoms with Crippen molar-refractivity contribution in [2.24, 2.45) is 5.92 Å². The minimum atomic E-state index is -0.356. The Kier molecular flexibility index (Phi) is 4.69. The van der Waals surface area contributed by atoms with Crippen molar-refractivity contribution in [3.05, 3.63) is 35.4 Å². The Labute approximate surface area is 110 Å². The average molecular weight is 248 g/mol. The zero-order valence-corrected chi connectivity index (χ0v) is 12.3. The van der Waals surface area contributed by atoms with Gasteiger partial charge >= 0.3 is 0 Å². The van der Waals surface area contributed by atoms with Crippen LogP contribution < -0.4 is 0 Å². The monoisotopic (exact) mass is 248 g/mol. The van der Waals surface area contributed by atoms with Gasteiger partial charge in [-0.15, -0.1) is 0 Å². The predicted molar refractivity (Wildman–Crippen MR) is 75.1 cm³/mol. The van der Waals surface area contributed by atoms with Crippen LogP contribution in [0, 0.1) is 5.92 Å². The van der Waals surface area contributed by atoms with Gasteiger partial charge in [0.15, 0.2) is 5.78 Å². The summed E-state index contributed by atoms with van der Waals surface area (Å²) < 4.78 is 5.28. The third-order valence-electron chi connectivity index (χ3n) is 3.15. The molecule has 0 saturated heterocycles. The molecule has 0 fully saturated rings. The summed E-state index contributed by atoms with van der Waals surface area (Å²) in [6.45, 7) is 10.5. The van der Waals surface area contributed by atoms with E-state index < -0.39 is 0 Å². The third kappa shape index (κ3) is 3.42. The average Bonchev–Trinajstić information content (AvgIpc) is 2.28. The number of hydrogen-bond donors (Lipinski definition) is 0. The van der Waals surface area contributed by atoms with Gasteiger partial charge in [0.05, 0.1) is 0 Å². The molecule has 1 aromatic carbocycles. The van der Waals surface area contributed by atoms with Gasteiger partial charge in [0, 0.05) is 12.7 Å². The van der Waals surface area contributed by atoms with Gasteiger partial charge in [-0.1, -0.05) is 58.9 Å². The second-order valence-corrected chi connectivity index (χ2v) is 6.09. The predicted octanol–water partition coefficient (Wildman–Crippen LogP) is 3.84. The highest BCUT2D eigenvalue weighted by Crippen LogP contribution is 2.23. The van der Waals surface area contributed by atoms with E-state index in [-0.39, 0.29) is 23.2 Å². The van der Waals surface area contributed by atoms with E-state index in [4.69, 9.17) is 4.74 Å². The minimum absolute atomic E-state index is 0.0629. The molecule has 0 amide bonds. The van der Waals surface area contributed by atoms with Crippen LogP contribution in [0.15, 0.2) is 24.3 Å². The first kappa shape index (κ1) is 14.9. The van der Waals surface area contributed by atoms with E-state index in [9.17, 15) is 4.79 Å². The van der Waals surface area contributed by atoms with Crippen molar-refractivity contribution in [3.8, 4) is 0 Å². The van der Waals surface area contributed by atoms with Crippen molar-refractivity contribution in [1.29, 1.82) is 0 Å². The number of ether oxygens (including phenoxy) is 1.